The molecule has 1 N–H and O–H groups in total. The first-order valence-corrected chi connectivity index (χ1v) is 8.54. The normalized spacial score (nSPS) is 16.1. The summed E-state index contributed by atoms with van der Waals surface area (Å²) in [5.41, 5.74) is 0.787. The molecule has 0 aromatic heterocycles. The van der Waals surface area contributed by atoms with E-state index in [9.17, 15) is 4.79 Å². The van der Waals surface area contributed by atoms with E-state index in [0.717, 1.165) is 18.5 Å². The first-order chi connectivity index (χ1) is 10.6. The predicted octanol–water partition coefficient (Wildman–Crippen LogP) is 4.00. The quantitative estimate of drug-likeness (QED) is 0.627. The Morgan fingerprint density at radius 1 is 1.23 bits per heavy atom. The minimum absolute atomic E-state index is 0.0929. The molecule has 1 aromatic rings. The molecule has 0 bridgehead atoms. The van der Waals surface area contributed by atoms with Crippen molar-refractivity contribution in [1.29, 1.82) is 0 Å². The van der Waals surface area contributed by atoms with Crippen LogP contribution >= 0.6 is 23.2 Å². The molecule has 1 fully saturated rings. The highest BCUT2D eigenvalue weighted by Crippen LogP contribution is 2.21. The van der Waals surface area contributed by atoms with Gasteiger partial charge in [-0.25, -0.2) is 0 Å². The first kappa shape index (κ1) is 17.3. The molecule has 1 aromatic carbocycles. The van der Waals surface area contributed by atoms with Crippen molar-refractivity contribution in [3.63, 3.8) is 0 Å². The molecule has 0 aliphatic carbocycles. The van der Waals surface area contributed by atoms with Gasteiger partial charge in [0, 0.05) is 22.7 Å². The number of rotatable bonds is 6. The molecule has 0 atom stereocenters. The van der Waals surface area contributed by atoms with Crippen LogP contribution in [-0.2, 0) is 4.79 Å². The summed E-state index contributed by atoms with van der Waals surface area (Å²) >= 11 is 11.9. The molecule has 1 aliphatic rings. The highest BCUT2D eigenvalue weighted by molar-refractivity contribution is 6.35. The smallest absolute Gasteiger partial charge is 0.244 e. The van der Waals surface area contributed by atoms with Gasteiger partial charge >= 0.3 is 0 Å². The van der Waals surface area contributed by atoms with E-state index in [0.29, 0.717) is 16.6 Å². The maximum atomic E-state index is 11.8. The van der Waals surface area contributed by atoms with Crippen molar-refractivity contribution < 1.29 is 4.79 Å². The third-order valence-corrected chi connectivity index (χ3v) is 4.34. The van der Waals surface area contributed by atoms with Crippen LogP contribution in [0.1, 0.15) is 31.2 Å². The second kappa shape index (κ2) is 9.19. The van der Waals surface area contributed by atoms with E-state index in [1.165, 1.54) is 38.4 Å². The standard InChI is InChI=1S/C17H22Cl2N2O/c18-15-7-5-14(16(19)13-15)6-8-17(22)20-9-4-12-21-10-2-1-3-11-21/h5-8,13H,1-4,9-12H2,(H,20,22)/b8-6+. The highest BCUT2D eigenvalue weighted by Gasteiger charge is 2.08. The number of piperidine rings is 1. The lowest BCUT2D eigenvalue weighted by molar-refractivity contribution is -0.116. The van der Waals surface area contributed by atoms with Gasteiger partial charge in [0.15, 0.2) is 0 Å². The summed E-state index contributed by atoms with van der Waals surface area (Å²) in [4.78, 5) is 14.2. The number of carbonyl (C=O) groups is 1. The van der Waals surface area contributed by atoms with E-state index < -0.39 is 0 Å². The van der Waals surface area contributed by atoms with E-state index in [1.54, 1.807) is 24.3 Å². The van der Waals surface area contributed by atoms with E-state index in [2.05, 4.69) is 10.2 Å². The Kier molecular flexibility index (Phi) is 7.23. The van der Waals surface area contributed by atoms with Crippen molar-refractivity contribution in [3.8, 4) is 0 Å². The minimum Gasteiger partial charge on any atom is -0.353 e. The molecule has 0 saturated carbocycles. The van der Waals surface area contributed by atoms with Gasteiger partial charge in [-0.15, -0.1) is 0 Å². The van der Waals surface area contributed by atoms with Crippen molar-refractivity contribution in [2.24, 2.45) is 0 Å². The average Bonchev–Trinajstić information content (AvgIpc) is 2.52. The molecule has 2 rings (SSSR count). The highest BCUT2D eigenvalue weighted by atomic mass is 35.5. The van der Waals surface area contributed by atoms with Crippen molar-refractivity contribution in [3.05, 3.63) is 39.9 Å². The summed E-state index contributed by atoms with van der Waals surface area (Å²) in [6.07, 6.45) is 8.16. The zero-order chi connectivity index (χ0) is 15.8. The molecule has 5 heteroatoms. The summed E-state index contributed by atoms with van der Waals surface area (Å²) in [7, 11) is 0. The first-order valence-electron chi connectivity index (χ1n) is 7.78. The molecular formula is C17H22Cl2N2O. The van der Waals surface area contributed by atoms with Gasteiger partial charge in [-0.2, -0.15) is 0 Å². The van der Waals surface area contributed by atoms with Crippen LogP contribution in [0.5, 0.6) is 0 Å². The van der Waals surface area contributed by atoms with Gasteiger partial charge in [0.2, 0.25) is 5.91 Å². The van der Waals surface area contributed by atoms with Gasteiger partial charge in [-0.3, -0.25) is 4.79 Å². The molecule has 1 saturated heterocycles. The van der Waals surface area contributed by atoms with Crippen molar-refractivity contribution in [2.45, 2.75) is 25.7 Å². The van der Waals surface area contributed by atoms with E-state index in [4.69, 9.17) is 23.2 Å². The number of carbonyl (C=O) groups excluding carboxylic acids is 1. The molecule has 1 amide bonds. The Bertz CT molecular complexity index is 525. The van der Waals surface area contributed by atoms with Crippen molar-refractivity contribution >= 4 is 35.2 Å². The van der Waals surface area contributed by atoms with Crippen LogP contribution in [0.2, 0.25) is 10.0 Å². The SMILES string of the molecule is O=C(/C=C/c1ccc(Cl)cc1Cl)NCCCN1CCCCC1. The molecule has 0 spiro atoms. The molecule has 1 aliphatic heterocycles. The van der Waals surface area contributed by atoms with Gasteiger partial charge in [0.1, 0.15) is 0 Å². The van der Waals surface area contributed by atoms with Crippen LogP contribution in [0.4, 0.5) is 0 Å². The van der Waals surface area contributed by atoms with Gasteiger partial charge in [-0.1, -0.05) is 35.7 Å². The summed E-state index contributed by atoms with van der Waals surface area (Å²) < 4.78 is 0. The third-order valence-electron chi connectivity index (χ3n) is 3.78. The number of nitrogens with zero attached hydrogens (tertiary/aromatic N) is 1. The number of halogens is 2. The van der Waals surface area contributed by atoms with Crippen LogP contribution < -0.4 is 5.32 Å². The number of nitrogens with one attached hydrogen (secondary N) is 1. The Morgan fingerprint density at radius 2 is 2.00 bits per heavy atom. The summed E-state index contributed by atoms with van der Waals surface area (Å²) in [5.74, 6) is -0.0929. The number of amides is 1. The van der Waals surface area contributed by atoms with Crippen molar-refractivity contribution in [1.82, 2.24) is 10.2 Å². The Labute approximate surface area is 142 Å². The second-order valence-corrected chi connectivity index (χ2v) is 6.39. The average molecular weight is 341 g/mol. The number of hydrogen-bond acceptors (Lipinski definition) is 2. The topological polar surface area (TPSA) is 32.3 Å². The van der Waals surface area contributed by atoms with Crippen LogP contribution in [0.25, 0.3) is 6.08 Å². The number of likely N-dealkylation sites (tertiary alicyclic amines) is 1. The predicted molar refractivity (Wildman–Crippen MR) is 93.4 cm³/mol. The van der Waals surface area contributed by atoms with Crippen LogP contribution in [-0.4, -0.2) is 37.0 Å². The summed E-state index contributed by atoms with van der Waals surface area (Å²) in [6.45, 7) is 4.16. The maximum Gasteiger partial charge on any atom is 0.244 e. The molecule has 3 nitrogen and oxygen atoms in total. The van der Waals surface area contributed by atoms with Crippen LogP contribution in [0, 0.1) is 0 Å². The lowest BCUT2D eigenvalue weighted by Crippen LogP contribution is -2.33. The Balaban J connectivity index is 1.67. The van der Waals surface area contributed by atoms with E-state index >= 15 is 0 Å². The zero-order valence-electron chi connectivity index (χ0n) is 12.7. The summed E-state index contributed by atoms with van der Waals surface area (Å²) in [6, 6.07) is 5.22. The monoisotopic (exact) mass is 340 g/mol. The molecule has 120 valence electrons. The molecule has 0 radical (unpaired) electrons. The Morgan fingerprint density at radius 3 is 2.73 bits per heavy atom. The Hall–Kier alpha value is -1.03. The summed E-state index contributed by atoms with van der Waals surface area (Å²) in [5, 5.41) is 4.03. The minimum atomic E-state index is -0.0929. The van der Waals surface area contributed by atoms with Gasteiger partial charge in [-0.05, 0) is 62.7 Å². The fraction of sp³-hybridized carbons (Fsp3) is 0.471. The van der Waals surface area contributed by atoms with Crippen LogP contribution in [0.15, 0.2) is 24.3 Å². The number of hydrogen-bond donors (Lipinski definition) is 1. The third kappa shape index (κ3) is 5.99. The molecular weight excluding hydrogens is 319 g/mol. The fourth-order valence-corrected chi connectivity index (χ4v) is 3.03. The van der Waals surface area contributed by atoms with E-state index in [1.807, 2.05) is 0 Å². The molecule has 22 heavy (non-hydrogen) atoms. The maximum absolute atomic E-state index is 11.8. The molecule has 1 heterocycles. The second-order valence-electron chi connectivity index (χ2n) is 5.55. The van der Waals surface area contributed by atoms with Crippen molar-refractivity contribution in [2.75, 3.05) is 26.2 Å². The lowest BCUT2D eigenvalue weighted by Gasteiger charge is -2.26. The zero-order valence-corrected chi connectivity index (χ0v) is 14.2. The largest absolute Gasteiger partial charge is 0.353 e. The lowest BCUT2D eigenvalue weighted by atomic mass is 10.1. The van der Waals surface area contributed by atoms with Gasteiger partial charge in [0.05, 0.1) is 0 Å². The van der Waals surface area contributed by atoms with Crippen LogP contribution in [0.3, 0.4) is 0 Å². The van der Waals surface area contributed by atoms with Gasteiger partial charge < -0.3 is 10.2 Å². The van der Waals surface area contributed by atoms with Gasteiger partial charge in [0.25, 0.3) is 0 Å². The molecule has 0 unspecified atom stereocenters. The van der Waals surface area contributed by atoms with E-state index in [-0.39, 0.29) is 5.91 Å². The number of benzene rings is 1. The fourth-order valence-electron chi connectivity index (χ4n) is 2.56.